The van der Waals surface area contributed by atoms with E-state index in [1.165, 1.54) is 4.88 Å². The van der Waals surface area contributed by atoms with E-state index >= 15 is 0 Å². The van der Waals surface area contributed by atoms with E-state index in [2.05, 4.69) is 4.99 Å². The fourth-order valence-corrected chi connectivity index (χ4v) is 2.21. The van der Waals surface area contributed by atoms with Gasteiger partial charge in [-0.2, -0.15) is 0 Å². The maximum absolute atomic E-state index is 11.6. The summed E-state index contributed by atoms with van der Waals surface area (Å²) in [6, 6.07) is 4.00. The molecule has 3 nitrogen and oxygen atoms in total. The lowest BCUT2D eigenvalue weighted by Gasteiger charge is -2.15. The molecule has 0 spiro atoms. The molecule has 90 valence electrons. The second kappa shape index (κ2) is 4.11. The molecule has 4 heteroatoms. The van der Waals surface area contributed by atoms with Gasteiger partial charge in [0.05, 0.1) is 0 Å². The van der Waals surface area contributed by atoms with Crippen LogP contribution in [0.1, 0.15) is 30.5 Å². The highest BCUT2D eigenvalue weighted by Crippen LogP contribution is 2.27. The zero-order valence-corrected chi connectivity index (χ0v) is 11.2. The number of cyclic esters (lactones) is 1. The molecular formula is C13H15NO2S. The molecule has 0 amide bonds. The first kappa shape index (κ1) is 12.0. The molecule has 17 heavy (non-hydrogen) atoms. The Bertz CT molecular complexity index is 518. The average molecular weight is 249 g/mol. The van der Waals surface area contributed by atoms with E-state index in [9.17, 15) is 4.79 Å². The predicted octanol–water partition coefficient (Wildman–Crippen LogP) is 3.40. The number of carbonyl (C=O) groups is 1. The van der Waals surface area contributed by atoms with Crippen LogP contribution in [0.5, 0.6) is 0 Å². The van der Waals surface area contributed by atoms with Crippen LogP contribution in [0, 0.1) is 12.3 Å². The van der Waals surface area contributed by atoms with Gasteiger partial charge < -0.3 is 4.74 Å². The lowest BCUT2D eigenvalue weighted by molar-refractivity contribution is -0.130. The number of esters is 1. The lowest BCUT2D eigenvalue weighted by atomic mass is 9.97. The molecule has 0 fully saturated rings. The molecule has 1 aromatic heterocycles. The molecule has 0 N–H and O–H groups in total. The van der Waals surface area contributed by atoms with Crippen LogP contribution in [0.25, 0.3) is 6.08 Å². The molecule has 1 aliphatic rings. The molecule has 2 heterocycles. The fraction of sp³-hybridized carbons (Fsp3) is 0.385. The molecule has 1 aliphatic heterocycles. The first-order chi connectivity index (χ1) is 7.86. The Morgan fingerprint density at radius 3 is 2.53 bits per heavy atom. The number of aliphatic imine (C=N–C) groups is 1. The molecule has 2 rings (SSSR count). The summed E-state index contributed by atoms with van der Waals surface area (Å²) in [5.74, 6) is 0.128. The SMILES string of the molecule is Cc1ccc(C=C2N=C(C(C)(C)C)OC2=O)s1. The number of carbonyl (C=O) groups excluding carboxylic acids is 1. The predicted molar refractivity (Wildman–Crippen MR) is 70.0 cm³/mol. The van der Waals surface area contributed by atoms with Gasteiger partial charge in [0, 0.05) is 15.2 Å². The summed E-state index contributed by atoms with van der Waals surface area (Å²) >= 11 is 1.63. The average Bonchev–Trinajstić information content (AvgIpc) is 2.74. The van der Waals surface area contributed by atoms with Crippen LogP contribution in [0.2, 0.25) is 0 Å². The van der Waals surface area contributed by atoms with E-state index in [1.807, 2.05) is 39.8 Å². The summed E-state index contributed by atoms with van der Waals surface area (Å²) in [5.41, 5.74) is 0.146. The summed E-state index contributed by atoms with van der Waals surface area (Å²) in [7, 11) is 0. The van der Waals surface area contributed by atoms with Crippen molar-refractivity contribution in [2.45, 2.75) is 27.7 Å². The quantitative estimate of drug-likeness (QED) is 0.565. The van der Waals surface area contributed by atoms with E-state index in [0.29, 0.717) is 11.6 Å². The Morgan fingerprint density at radius 2 is 2.06 bits per heavy atom. The largest absolute Gasteiger partial charge is 0.406 e. The maximum Gasteiger partial charge on any atom is 0.363 e. The van der Waals surface area contributed by atoms with Crippen LogP contribution in [0.3, 0.4) is 0 Å². The Hall–Kier alpha value is -1.42. The number of rotatable bonds is 1. The zero-order valence-electron chi connectivity index (χ0n) is 10.4. The van der Waals surface area contributed by atoms with Gasteiger partial charge in [-0.1, -0.05) is 20.8 Å². The fourth-order valence-electron chi connectivity index (χ4n) is 1.40. The van der Waals surface area contributed by atoms with Crippen molar-refractivity contribution >= 4 is 29.3 Å². The van der Waals surface area contributed by atoms with E-state index in [1.54, 1.807) is 17.4 Å². The highest BCUT2D eigenvalue weighted by molar-refractivity contribution is 7.12. The molecule has 0 saturated carbocycles. The summed E-state index contributed by atoms with van der Waals surface area (Å²) in [4.78, 5) is 18.1. The number of thiophene rings is 1. The van der Waals surface area contributed by atoms with Crippen LogP contribution in [0.15, 0.2) is 22.8 Å². The van der Waals surface area contributed by atoms with Crippen LogP contribution < -0.4 is 0 Å². The van der Waals surface area contributed by atoms with E-state index in [-0.39, 0.29) is 11.4 Å². The first-order valence-electron chi connectivity index (χ1n) is 5.46. The minimum Gasteiger partial charge on any atom is -0.406 e. The molecule has 0 aromatic carbocycles. The number of nitrogens with zero attached hydrogens (tertiary/aromatic N) is 1. The highest BCUT2D eigenvalue weighted by atomic mass is 32.1. The third-order valence-corrected chi connectivity index (χ3v) is 3.25. The Balaban J connectivity index is 2.31. The lowest BCUT2D eigenvalue weighted by Crippen LogP contribution is -2.21. The molecule has 0 bridgehead atoms. The van der Waals surface area contributed by atoms with Crippen molar-refractivity contribution < 1.29 is 9.53 Å². The monoisotopic (exact) mass is 249 g/mol. The van der Waals surface area contributed by atoms with Crippen molar-refractivity contribution in [2.24, 2.45) is 10.4 Å². The zero-order chi connectivity index (χ0) is 12.6. The summed E-state index contributed by atoms with van der Waals surface area (Å²) < 4.78 is 5.16. The van der Waals surface area contributed by atoms with Gasteiger partial charge in [-0.3, -0.25) is 0 Å². The molecule has 0 unspecified atom stereocenters. The Morgan fingerprint density at radius 1 is 1.35 bits per heavy atom. The molecule has 0 saturated heterocycles. The molecule has 0 atom stereocenters. The van der Waals surface area contributed by atoms with Gasteiger partial charge in [0.25, 0.3) is 0 Å². The number of ether oxygens (including phenoxy) is 1. The number of hydrogen-bond donors (Lipinski definition) is 0. The van der Waals surface area contributed by atoms with Crippen LogP contribution in [-0.2, 0) is 9.53 Å². The topological polar surface area (TPSA) is 38.7 Å². The van der Waals surface area contributed by atoms with Gasteiger partial charge in [-0.15, -0.1) is 11.3 Å². The standard InChI is InChI=1S/C13H15NO2S/c1-8-5-6-9(17-8)7-10-11(15)16-12(14-10)13(2,3)4/h5-7H,1-4H3. The van der Waals surface area contributed by atoms with Crippen LogP contribution in [-0.4, -0.2) is 11.9 Å². The van der Waals surface area contributed by atoms with E-state index in [4.69, 9.17) is 4.74 Å². The highest BCUT2D eigenvalue weighted by Gasteiger charge is 2.31. The van der Waals surface area contributed by atoms with Crippen molar-refractivity contribution in [2.75, 3.05) is 0 Å². The number of aryl methyl sites for hydroxylation is 1. The minimum absolute atomic E-state index is 0.239. The molecule has 0 aliphatic carbocycles. The van der Waals surface area contributed by atoms with Crippen molar-refractivity contribution in [3.63, 3.8) is 0 Å². The van der Waals surface area contributed by atoms with Crippen molar-refractivity contribution in [3.05, 3.63) is 27.6 Å². The molecular weight excluding hydrogens is 234 g/mol. The van der Waals surface area contributed by atoms with Crippen molar-refractivity contribution in [1.29, 1.82) is 0 Å². The second-order valence-corrected chi connectivity index (χ2v) is 6.35. The smallest absolute Gasteiger partial charge is 0.363 e. The minimum atomic E-state index is -0.360. The van der Waals surface area contributed by atoms with Gasteiger partial charge in [0.1, 0.15) is 0 Å². The number of hydrogen-bond acceptors (Lipinski definition) is 4. The summed E-state index contributed by atoms with van der Waals surface area (Å²) in [6.45, 7) is 7.94. The summed E-state index contributed by atoms with van der Waals surface area (Å²) in [5, 5.41) is 0. The third kappa shape index (κ3) is 2.64. The molecule has 0 radical (unpaired) electrons. The second-order valence-electron chi connectivity index (χ2n) is 5.03. The van der Waals surface area contributed by atoms with Crippen LogP contribution >= 0.6 is 11.3 Å². The van der Waals surface area contributed by atoms with Gasteiger partial charge in [-0.05, 0) is 25.1 Å². The van der Waals surface area contributed by atoms with Crippen LogP contribution in [0.4, 0.5) is 0 Å². The van der Waals surface area contributed by atoms with Crippen molar-refractivity contribution in [1.82, 2.24) is 0 Å². The molecule has 1 aromatic rings. The maximum atomic E-state index is 11.6. The van der Waals surface area contributed by atoms with Gasteiger partial charge in [0.2, 0.25) is 5.90 Å². The third-order valence-electron chi connectivity index (χ3n) is 2.30. The van der Waals surface area contributed by atoms with Gasteiger partial charge in [-0.25, -0.2) is 9.79 Å². The van der Waals surface area contributed by atoms with Gasteiger partial charge in [0.15, 0.2) is 5.70 Å². The van der Waals surface area contributed by atoms with Gasteiger partial charge >= 0.3 is 5.97 Å². The van der Waals surface area contributed by atoms with Crippen molar-refractivity contribution in [3.8, 4) is 0 Å². The van der Waals surface area contributed by atoms with E-state index < -0.39 is 0 Å². The normalized spacial score (nSPS) is 18.5. The first-order valence-corrected chi connectivity index (χ1v) is 6.27. The summed E-state index contributed by atoms with van der Waals surface area (Å²) in [6.07, 6.45) is 1.78. The Kier molecular flexibility index (Phi) is 2.91. The van der Waals surface area contributed by atoms with E-state index in [0.717, 1.165) is 4.88 Å². The Labute approximate surface area is 105 Å².